The summed E-state index contributed by atoms with van der Waals surface area (Å²) in [6.45, 7) is 3.45. The highest BCUT2D eigenvalue weighted by molar-refractivity contribution is 9.10. The lowest BCUT2D eigenvalue weighted by atomic mass is 9.81. The molecule has 0 N–H and O–H groups in total. The van der Waals surface area contributed by atoms with Crippen LogP contribution in [0.1, 0.15) is 12.0 Å². The quantitative estimate of drug-likeness (QED) is 0.260. The van der Waals surface area contributed by atoms with Gasteiger partial charge in [0.25, 0.3) is 5.41 Å². The topological polar surface area (TPSA) is 105 Å². The minimum absolute atomic E-state index is 0.0627. The molecule has 1 rings (SSSR count). The van der Waals surface area contributed by atoms with Crippen LogP contribution in [-0.2, 0) is 44.7 Å². The smallest absolute Gasteiger partial charge is 0.335 e. The van der Waals surface area contributed by atoms with Crippen LogP contribution < -0.4 is 0 Å². The molecule has 0 spiro atoms. The van der Waals surface area contributed by atoms with Gasteiger partial charge in [-0.25, -0.2) is 4.79 Å². The Morgan fingerprint density at radius 2 is 1.37 bits per heavy atom. The third-order valence-corrected chi connectivity index (χ3v) is 4.18. The number of halogens is 1. The number of methoxy groups -OCH3 is 3. The molecule has 9 heteroatoms. The Labute approximate surface area is 164 Å². The number of carbonyl (C=O) groups excluding carboxylic acids is 4. The molecule has 0 aliphatic carbocycles. The number of hydrogen-bond donors (Lipinski definition) is 0. The Kier molecular flexibility index (Phi) is 8.17. The highest BCUT2D eigenvalue weighted by Crippen LogP contribution is 2.31. The lowest BCUT2D eigenvalue weighted by molar-refractivity contribution is -0.180. The molecule has 0 radical (unpaired) electrons. The number of carbonyl (C=O) groups is 4. The van der Waals surface area contributed by atoms with E-state index in [-0.39, 0.29) is 12.2 Å². The zero-order valence-corrected chi connectivity index (χ0v) is 16.7. The average Bonchev–Trinajstić information content (AvgIpc) is 2.69. The largest absolute Gasteiger partial charge is 0.468 e. The van der Waals surface area contributed by atoms with E-state index < -0.39 is 35.7 Å². The molecule has 0 unspecified atom stereocenters. The molecule has 0 heterocycles. The van der Waals surface area contributed by atoms with Crippen molar-refractivity contribution in [2.45, 2.75) is 13.0 Å². The molecule has 1 aromatic carbocycles. The summed E-state index contributed by atoms with van der Waals surface area (Å²) in [5.74, 6) is -4.59. The first-order chi connectivity index (χ1) is 12.7. The van der Waals surface area contributed by atoms with E-state index in [1.165, 1.54) is 0 Å². The predicted molar refractivity (Wildman–Crippen MR) is 96.2 cm³/mol. The molecule has 8 nitrogen and oxygen atoms in total. The van der Waals surface area contributed by atoms with Crippen LogP contribution in [0.2, 0.25) is 0 Å². The minimum Gasteiger partial charge on any atom is -0.468 e. The molecular weight excluding hydrogens is 424 g/mol. The Morgan fingerprint density at radius 1 is 0.926 bits per heavy atom. The summed E-state index contributed by atoms with van der Waals surface area (Å²) in [5.41, 5.74) is -2.10. The lowest BCUT2D eigenvalue weighted by Crippen LogP contribution is -2.49. The van der Waals surface area contributed by atoms with Gasteiger partial charge in [-0.1, -0.05) is 34.6 Å². The molecule has 0 fully saturated rings. The zero-order chi connectivity index (χ0) is 20.6. The first kappa shape index (κ1) is 22.4. The lowest BCUT2D eigenvalue weighted by Gasteiger charge is -2.25. The number of benzene rings is 1. The van der Waals surface area contributed by atoms with Gasteiger partial charge < -0.3 is 18.9 Å². The summed E-state index contributed by atoms with van der Waals surface area (Å²) in [4.78, 5) is 48.8. The van der Waals surface area contributed by atoms with Crippen molar-refractivity contribution in [3.8, 4) is 0 Å². The standard InChI is InChI=1S/C18H19BrO8/c1-11(14(20)27-10-12-5-7-13(19)8-6-12)9-18(15(21)24-2,16(22)25-3)17(23)26-4/h5-8H,1,9-10H2,2-4H3. The zero-order valence-electron chi connectivity index (χ0n) is 15.1. The fourth-order valence-corrected chi connectivity index (χ4v) is 2.48. The Bertz CT molecular complexity index is 697. The number of esters is 4. The maximum Gasteiger partial charge on any atom is 0.335 e. The van der Waals surface area contributed by atoms with Gasteiger partial charge in [0, 0.05) is 16.5 Å². The first-order valence-electron chi connectivity index (χ1n) is 7.57. The monoisotopic (exact) mass is 442 g/mol. The summed E-state index contributed by atoms with van der Waals surface area (Å²) >= 11 is 3.29. The average molecular weight is 443 g/mol. The van der Waals surface area contributed by atoms with Crippen LogP contribution in [0.25, 0.3) is 0 Å². The Hall–Kier alpha value is -2.68. The molecule has 0 saturated heterocycles. The van der Waals surface area contributed by atoms with Crippen molar-refractivity contribution >= 4 is 39.8 Å². The van der Waals surface area contributed by atoms with Crippen LogP contribution in [0.3, 0.4) is 0 Å². The first-order valence-corrected chi connectivity index (χ1v) is 8.36. The van der Waals surface area contributed by atoms with Crippen LogP contribution in [0.5, 0.6) is 0 Å². The van der Waals surface area contributed by atoms with Gasteiger partial charge in [0.1, 0.15) is 6.61 Å². The number of rotatable bonds is 8. The molecule has 0 aromatic heterocycles. The Balaban J connectivity index is 2.98. The molecule has 0 atom stereocenters. The molecule has 0 amide bonds. The second-order valence-corrected chi connectivity index (χ2v) is 6.28. The molecule has 146 valence electrons. The van der Waals surface area contributed by atoms with Crippen LogP contribution in [0, 0.1) is 5.41 Å². The van der Waals surface area contributed by atoms with Gasteiger partial charge in [0.05, 0.1) is 21.3 Å². The van der Waals surface area contributed by atoms with Gasteiger partial charge in [-0.15, -0.1) is 0 Å². The van der Waals surface area contributed by atoms with E-state index in [9.17, 15) is 19.2 Å². The molecule has 0 saturated carbocycles. The van der Waals surface area contributed by atoms with Gasteiger partial charge in [-0.2, -0.15) is 0 Å². The van der Waals surface area contributed by atoms with Gasteiger partial charge in [-0.3, -0.25) is 14.4 Å². The maximum absolute atomic E-state index is 12.2. The van der Waals surface area contributed by atoms with Gasteiger partial charge in [-0.05, 0) is 17.7 Å². The SMILES string of the molecule is C=C(CC(C(=O)OC)(C(=O)OC)C(=O)OC)C(=O)OCc1ccc(Br)cc1. The van der Waals surface area contributed by atoms with E-state index in [0.29, 0.717) is 5.56 Å². The van der Waals surface area contributed by atoms with E-state index in [1.54, 1.807) is 24.3 Å². The molecule has 1 aromatic rings. The van der Waals surface area contributed by atoms with Crippen LogP contribution in [0.4, 0.5) is 0 Å². The summed E-state index contributed by atoms with van der Waals surface area (Å²) in [6, 6.07) is 7.02. The Morgan fingerprint density at radius 3 is 1.78 bits per heavy atom. The van der Waals surface area contributed by atoms with Crippen molar-refractivity contribution < 1.29 is 38.1 Å². The van der Waals surface area contributed by atoms with E-state index in [2.05, 4.69) is 36.7 Å². The molecule has 0 aliphatic heterocycles. The van der Waals surface area contributed by atoms with E-state index in [0.717, 1.165) is 25.8 Å². The maximum atomic E-state index is 12.2. The van der Waals surface area contributed by atoms with Crippen LogP contribution in [-0.4, -0.2) is 45.2 Å². The van der Waals surface area contributed by atoms with Crippen molar-refractivity contribution in [2.75, 3.05) is 21.3 Å². The summed E-state index contributed by atoms with van der Waals surface area (Å²) in [5, 5.41) is 0. The van der Waals surface area contributed by atoms with E-state index in [4.69, 9.17) is 4.74 Å². The fourth-order valence-electron chi connectivity index (χ4n) is 2.21. The fraction of sp³-hybridized carbons (Fsp3) is 0.333. The third-order valence-electron chi connectivity index (χ3n) is 3.65. The second kappa shape index (κ2) is 9.86. The van der Waals surface area contributed by atoms with Crippen molar-refractivity contribution in [3.05, 3.63) is 46.5 Å². The third kappa shape index (κ3) is 5.16. The van der Waals surface area contributed by atoms with E-state index in [1.807, 2.05) is 0 Å². The summed E-state index contributed by atoms with van der Waals surface area (Å²) in [6.07, 6.45) is -0.710. The van der Waals surface area contributed by atoms with Crippen molar-refractivity contribution in [1.82, 2.24) is 0 Å². The predicted octanol–water partition coefficient (Wildman–Crippen LogP) is 1.94. The normalized spacial score (nSPS) is 10.5. The van der Waals surface area contributed by atoms with Crippen LogP contribution in [0.15, 0.2) is 40.9 Å². The van der Waals surface area contributed by atoms with Gasteiger partial charge in [0.2, 0.25) is 0 Å². The summed E-state index contributed by atoms with van der Waals surface area (Å²) < 4.78 is 19.6. The van der Waals surface area contributed by atoms with Crippen molar-refractivity contribution in [1.29, 1.82) is 0 Å². The minimum atomic E-state index is -2.51. The van der Waals surface area contributed by atoms with E-state index >= 15 is 0 Å². The molecule has 0 bridgehead atoms. The van der Waals surface area contributed by atoms with Gasteiger partial charge in [0.15, 0.2) is 0 Å². The highest BCUT2D eigenvalue weighted by atomic mass is 79.9. The van der Waals surface area contributed by atoms with Gasteiger partial charge >= 0.3 is 23.9 Å². The van der Waals surface area contributed by atoms with Crippen molar-refractivity contribution in [3.63, 3.8) is 0 Å². The highest BCUT2D eigenvalue weighted by Gasteiger charge is 2.57. The molecule has 0 aliphatic rings. The number of ether oxygens (including phenoxy) is 4. The number of hydrogen-bond acceptors (Lipinski definition) is 8. The van der Waals surface area contributed by atoms with Crippen LogP contribution >= 0.6 is 15.9 Å². The molecule has 27 heavy (non-hydrogen) atoms. The molecular formula is C18H19BrO8. The summed E-state index contributed by atoms with van der Waals surface area (Å²) in [7, 11) is 2.95. The second-order valence-electron chi connectivity index (χ2n) is 5.36. The van der Waals surface area contributed by atoms with Crippen molar-refractivity contribution in [2.24, 2.45) is 5.41 Å².